The number of hydrogen-bond acceptors (Lipinski definition) is 1. The number of ether oxygens (including phenoxy) is 1. The van der Waals surface area contributed by atoms with Gasteiger partial charge in [0.1, 0.15) is 0 Å². The summed E-state index contributed by atoms with van der Waals surface area (Å²) in [5, 5.41) is 0. The molecule has 0 heterocycles. The molecule has 78 valence electrons. The first-order valence-electron chi connectivity index (χ1n) is 4.78. The molecule has 1 nitrogen and oxygen atoms in total. The number of unbranched alkanes of at least 4 members (excludes halogenated alkanes) is 2. The fourth-order valence-electron chi connectivity index (χ4n) is 1.31. The average molecular weight is 196 g/mol. The first kappa shape index (κ1) is 10.8. The molecule has 0 aromatic rings. The van der Waals surface area contributed by atoms with Gasteiger partial charge in [0.05, 0.1) is 6.61 Å². The van der Waals surface area contributed by atoms with Gasteiger partial charge in [-0.3, -0.25) is 4.74 Å². The molecule has 0 saturated heterocycles. The van der Waals surface area contributed by atoms with Gasteiger partial charge >= 0.3 is 6.36 Å². The van der Waals surface area contributed by atoms with Crippen LogP contribution >= 0.6 is 0 Å². The second-order valence-electron chi connectivity index (χ2n) is 3.59. The lowest BCUT2D eigenvalue weighted by atomic mass is 10.1. The monoisotopic (exact) mass is 196 g/mol. The summed E-state index contributed by atoms with van der Waals surface area (Å²) in [6, 6.07) is 0. The minimum absolute atomic E-state index is 0.186. The Kier molecular flexibility index (Phi) is 4.03. The third-order valence-electron chi connectivity index (χ3n) is 2.22. The first-order valence-corrected chi connectivity index (χ1v) is 4.78. The van der Waals surface area contributed by atoms with Gasteiger partial charge in [-0.15, -0.1) is 13.2 Å². The minimum atomic E-state index is -4.45. The molecule has 0 amide bonds. The summed E-state index contributed by atoms with van der Waals surface area (Å²) >= 11 is 0. The molecule has 0 N–H and O–H groups in total. The lowest BCUT2D eigenvalue weighted by molar-refractivity contribution is -0.324. The maximum atomic E-state index is 11.5. The van der Waals surface area contributed by atoms with Gasteiger partial charge in [-0.05, 0) is 12.3 Å². The molecular weight excluding hydrogens is 181 g/mol. The Hall–Kier alpha value is -0.250. The van der Waals surface area contributed by atoms with Crippen LogP contribution < -0.4 is 0 Å². The van der Waals surface area contributed by atoms with Gasteiger partial charge in [-0.25, -0.2) is 0 Å². The summed E-state index contributed by atoms with van der Waals surface area (Å²) in [6.07, 6.45) is 1.80. The van der Waals surface area contributed by atoms with Crippen molar-refractivity contribution >= 4 is 0 Å². The molecule has 0 aliphatic heterocycles. The van der Waals surface area contributed by atoms with Gasteiger partial charge in [-0.1, -0.05) is 32.1 Å². The highest BCUT2D eigenvalue weighted by molar-refractivity contribution is 4.72. The SMILES string of the molecule is FC(F)(F)OCCCCCC1CC1. The van der Waals surface area contributed by atoms with E-state index in [2.05, 4.69) is 4.74 Å². The van der Waals surface area contributed by atoms with Crippen LogP contribution in [0.15, 0.2) is 0 Å². The highest BCUT2D eigenvalue weighted by Crippen LogP contribution is 2.34. The van der Waals surface area contributed by atoms with E-state index in [0.29, 0.717) is 6.42 Å². The van der Waals surface area contributed by atoms with Crippen LogP contribution in [-0.2, 0) is 4.74 Å². The average Bonchev–Trinajstić information content (AvgIpc) is 2.77. The second-order valence-corrected chi connectivity index (χ2v) is 3.59. The normalized spacial score (nSPS) is 17.8. The van der Waals surface area contributed by atoms with Crippen LogP contribution in [0.1, 0.15) is 38.5 Å². The second kappa shape index (κ2) is 4.84. The van der Waals surface area contributed by atoms with Crippen molar-refractivity contribution in [2.75, 3.05) is 6.61 Å². The fraction of sp³-hybridized carbons (Fsp3) is 1.00. The van der Waals surface area contributed by atoms with E-state index in [-0.39, 0.29) is 6.61 Å². The third kappa shape index (κ3) is 6.87. The summed E-state index contributed by atoms with van der Waals surface area (Å²) < 4.78 is 38.1. The number of hydrogen-bond donors (Lipinski definition) is 0. The Labute approximate surface area is 76.3 Å². The zero-order valence-corrected chi connectivity index (χ0v) is 7.57. The van der Waals surface area contributed by atoms with E-state index < -0.39 is 6.36 Å². The van der Waals surface area contributed by atoms with Crippen LogP contribution in [0.2, 0.25) is 0 Å². The molecule has 0 radical (unpaired) electrons. The molecule has 0 unspecified atom stereocenters. The Balaban J connectivity index is 1.78. The van der Waals surface area contributed by atoms with E-state index >= 15 is 0 Å². The molecule has 0 spiro atoms. The molecule has 1 aliphatic carbocycles. The predicted molar refractivity (Wildman–Crippen MR) is 43.2 cm³/mol. The van der Waals surface area contributed by atoms with Crippen molar-refractivity contribution in [2.45, 2.75) is 44.9 Å². The number of alkyl halides is 3. The Morgan fingerprint density at radius 1 is 1.08 bits per heavy atom. The largest absolute Gasteiger partial charge is 0.522 e. The number of halogens is 3. The molecule has 1 fully saturated rings. The van der Waals surface area contributed by atoms with Crippen molar-refractivity contribution in [3.63, 3.8) is 0 Å². The van der Waals surface area contributed by atoms with Gasteiger partial charge in [0.25, 0.3) is 0 Å². The van der Waals surface area contributed by atoms with Crippen LogP contribution in [0.3, 0.4) is 0 Å². The van der Waals surface area contributed by atoms with Crippen LogP contribution in [0, 0.1) is 5.92 Å². The smallest absolute Gasteiger partial charge is 0.292 e. The van der Waals surface area contributed by atoms with Gasteiger partial charge in [-0.2, -0.15) is 0 Å². The van der Waals surface area contributed by atoms with Gasteiger partial charge in [0, 0.05) is 0 Å². The van der Waals surface area contributed by atoms with E-state index in [1.54, 1.807) is 0 Å². The minimum Gasteiger partial charge on any atom is -0.292 e. The lowest BCUT2D eigenvalue weighted by Crippen LogP contribution is -2.13. The lowest BCUT2D eigenvalue weighted by Gasteiger charge is -2.06. The van der Waals surface area contributed by atoms with Crippen LogP contribution in [0.25, 0.3) is 0 Å². The molecule has 0 bridgehead atoms. The van der Waals surface area contributed by atoms with Crippen LogP contribution in [0.5, 0.6) is 0 Å². The molecular formula is C9H15F3O. The molecule has 0 aromatic heterocycles. The van der Waals surface area contributed by atoms with Crippen molar-refractivity contribution in [3.05, 3.63) is 0 Å². The Morgan fingerprint density at radius 3 is 2.31 bits per heavy atom. The van der Waals surface area contributed by atoms with Crippen LogP contribution in [0.4, 0.5) is 13.2 Å². The molecule has 0 atom stereocenters. The highest BCUT2D eigenvalue weighted by atomic mass is 19.4. The van der Waals surface area contributed by atoms with E-state index in [9.17, 15) is 13.2 Å². The maximum Gasteiger partial charge on any atom is 0.522 e. The Bertz CT molecular complexity index is 140. The zero-order chi connectivity index (χ0) is 9.73. The van der Waals surface area contributed by atoms with Crippen molar-refractivity contribution in [2.24, 2.45) is 5.92 Å². The van der Waals surface area contributed by atoms with E-state index in [4.69, 9.17) is 0 Å². The van der Waals surface area contributed by atoms with Crippen molar-refractivity contribution in [1.29, 1.82) is 0 Å². The standard InChI is InChI=1S/C9H15F3O/c10-9(11,12)13-7-3-1-2-4-8-5-6-8/h8H,1-7H2. The van der Waals surface area contributed by atoms with Gasteiger partial charge in [0.2, 0.25) is 0 Å². The molecule has 4 heteroatoms. The summed E-state index contributed by atoms with van der Waals surface area (Å²) in [7, 11) is 0. The van der Waals surface area contributed by atoms with E-state index in [1.807, 2.05) is 0 Å². The molecule has 1 aliphatic rings. The summed E-state index contributed by atoms with van der Waals surface area (Å²) in [5.41, 5.74) is 0. The van der Waals surface area contributed by atoms with E-state index in [0.717, 1.165) is 18.8 Å². The molecule has 0 aromatic carbocycles. The quantitative estimate of drug-likeness (QED) is 0.591. The molecule has 1 rings (SSSR count). The fourth-order valence-corrected chi connectivity index (χ4v) is 1.31. The van der Waals surface area contributed by atoms with Crippen molar-refractivity contribution < 1.29 is 17.9 Å². The van der Waals surface area contributed by atoms with Crippen molar-refractivity contribution in [3.8, 4) is 0 Å². The summed E-state index contributed by atoms with van der Waals surface area (Å²) in [6.45, 7) is -0.186. The third-order valence-corrected chi connectivity index (χ3v) is 2.22. The molecule has 13 heavy (non-hydrogen) atoms. The predicted octanol–water partition coefficient (Wildman–Crippen LogP) is 3.49. The topological polar surface area (TPSA) is 9.23 Å². The van der Waals surface area contributed by atoms with Crippen molar-refractivity contribution in [1.82, 2.24) is 0 Å². The highest BCUT2D eigenvalue weighted by Gasteiger charge is 2.28. The maximum absolute atomic E-state index is 11.5. The Morgan fingerprint density at radius 2 is 1.77 bits per heavy atom. The molecule has 1 saturated carbocycles. The summed E-state index contributed by atoms with van der Waals surface area (Å²) in [4.78, 5) is 0. The summed E-state index contributed by atoms with van der Waals surface area (Å²) in [5.74, 6) is 0.878. The first-order chi connectivity index (χ1) is 6.08. The van der Waals surface area contributed by atoms with Gasteiger partial charge < -0.3 is 0 Å². The van der Waals surface area contributed by atoms with Gasteiger partial charge in [0.15, 0.2) is 0 Å². The zero-order valence-electron chi connectivity index (χ0n) is 7.57. The van der Waals surface area contributed by atoms with E-state index in [1.165, 1.54) is 19.3 Å². The number of rotatable bonds is 6. The van der Waals surface area contributed by atoms with Crippen LogP contribution in [-0.4, -0.2) is 13.0 Å².